The summed E-state index contributed by atoms with van der Waals surface area (Å²) in [6, 6.07) is 6.95. The van der Waals surface area contributed by atoms with E-state index < -0.39 is 19.8 Å². The Morgan fingerprint density at radius 3 is 2.00 bits per heavy atom. The van der Waals surface area contributed by atoms with E-state index in [4.69, 9.17) is 0 Å². The van der Waals surface area contributed by atoms with Crippen molar-refractivity contribution in [3.63, 3.8) is 0 Å². The molecule has 0 heterocycles. The fourth-order valence-electron chi connectivity index (χ4n) is 3.99. The van der Waals surface area contributed by atoms with Crippen LogP contribution in [-0.4, -0.2) is 18.1 Å². The van der Waals surface area contributed by atoms with Crippen molar-refractivity contribution < 1.29 is 19.1 Å². The number of hydrogen-bond donors (Lipinski definition) is 1. The van der Waals surface area contributed by atoms with Crippen LogP contribution in [0.2, 0.25) is 0 Å². The van der Waals surface area contributed by atoms with Crippen molar-refractivity contribution in [2.45, 2.75) is 109 Å². The molecule has 1 rings (SSSR count). The summed E-state index contributed by atoms with van der Waals surface area (Å²) < 4.78 is 12.4. The molecule has 194 valence electrons. The van der Waals surface area contributed by atoms with Crippen LogP contribution in [0.25, 0.3) is 0 Å². The van der Waals surface area contributed by atoms with Gasteiger partial charge in [0.15, 0.2) is 0 Å². The van der Waals surface area contributed by atoms with Gasteiger partial charge in [0.05, 0.1) is 0 Å². The molecule has 0 bridgehead atoms. The SMILES string of the molecule is CCCCCCCC/C=C\CCCCCCCC(=O)N[C@H](Cc1ccc(I)cc1)CP(=O)([O-])[O-]. The molecule has 1 amide bonds. The predicted octanol–water partition coefficient (Wildman–Crippen LogP) is 6.27. The third-order valence-corrected chi connectivity index (χ3v) is 7.48. The van der Waals surface area contributed by atoms with Gasteiger partial charge in [-0.15, -0.1) is 0 Å². The molecule has 1 N–H and O–H groups in total. The molecule has 1 aromatic carbocycles. The van der Waals surface area contributed by atoms with Crippen LogP contribution in [0.15, 0.2) is 36.4 Å². The molecular weight excluding hydrogens is 560 g/mol. The third kappa shape index (κ3) is 18.6. The number of carbonyl (C=O) groups is 1. The first-order valence-electron chi connectivity index (χ1n) is 13.0. The maximum Gasteiger partial charge on any atom is 0.220 e. The number of hydrogen-bond acceptors (Lipinski definition) is 4. The third-order valence-electron chi connectivity index (χ3n) is 5.87. The minimum absolute atomic E-state index is 0.179. The topological polar surface area (TPSA) is 92.3 Å². The zero-order valence-electron chi connectivity index (χ0n) is 20.8. The molecule has 1 aromatic rings. The Labute approximate surface area is 220 Å². The van der Waals surface area contributed by atoms with Crippen LogP contribution in [-0.2, 0) is 15.8 Å². The van der Waals surface area contributed by atoms with Crippen LogP contribution < -0.4 is 15.1 Å². The van der Waals surface area contributed by atoms with E-state index in [0.29, 0.717) is 12.8 Å². The van der Waals surface area contributed by atoms with Gasteiger partial charge in [0.1, 0.15) is 0 Å². The number of unbranched alkanes of at least 4 members (excludes halogenated alkanes) is 11. The normalized spacial score (nSPS) is 12.8. The molecule has 5 nitrogen and oxygen atoms in total. The van der Waals surface area contributed by atoms with E-state index in [1.807, 2.05) is 24.3 Å². The van der Waals surface area contributed by atoms with Gasteiger partial charge >= 0.3 is 0 Å². The second-order valence-corrected chi connectivity index (χ2v) is 12.1. The van der Waals surface area contributed by atoms with Crippen LogP contribution in [0, 0.1) is 3.57 Å². The first-order valence-corrected chi connectivity index (χ1v) is 15.8. The van der Waals surface area contributed by atoms with Gasteiger partial charge in [0, 0.05) is 16.0 Å². The zero-order chi connectivity index (χ0) is 25.1. The lowest BCUT2D eigenvalue weighted by molar-refractivity contribution is -0.313. The van der Waals surface area contributed by atoms with Crippen molar-refractivity contribution in [1.29, 1.82) is 0 Å². The molecule has 0 radical (unpaired) electrons. The smallest absolute Gasteiger partial charge is 0.220 e. The van der Waals surface area contributed by atoms with Crippen molar-refractivity contribution in [2.24, 2.45) is 0 Å². The van der Waals surface area contributed by atoms with Crippen LogP contribution in [0.5, 0.6) is 0 Å². The van der Waals surface area contributed by atoms with Crippen molar-refractivity contribution in [3.05, 3.63) is 45.6 Å². The molecule has 1 atom stereocenters. The second-order valence-electron chi connectivity index (χ2n) is 9.22. The Bertz CT molecular complexity index is 733. The van der Waals surface area contributed by atoms with E-state index in [1.165, 1.54) is 51.4 Å². The van der Waals surface area contributed by atoms with E-state index >= 15 is 0 Å². The summed E-state index contributed by atoms with van der Waals surface area (Å²) in [5.41, 5.74) is 0.903. The number of allylic oxidation sites excluding steroid dienone is 2. The molecule has 0 aromatic heterocycles. The predicted molar refractivity (Wildman–Crippen MR) is 147 cm³/mol. The van der Waals surface area contributed by atoms with E-state index in [2.05, 4.69) is 47.0 Å². The lowest BCUT2D eigenvalue weighted by Gasteiger charge is -2.34. The summed E-state index contributed by atoms with van der Waals surface area (Å²) >= 11 is 2.19. The van der Waals surface area contributed by atoms with Gasteiger partial charge in [-0.2, -0.15) is 0 Å². The lowest BCUT2D eigenvalue weighted by Crippen LogP contribution is -2.41. The highest BCUT2D eigenvalue weighted by Gasteiger charge is 2.14. The molecule has 0 aliphatic carbocycles. The van der Waals surface area contributed by atoms with Gasteiger partial charge in [-0.1, -0.05) is 90.2 Å². The van der Waals surface area contributed by atoms with Gasteiger partial charge in [-0.3, -0.25) is 4.79 Å². The quantitative estimate of drug-likeness (QED) is 0.0824. The number of rotatable bonds is 20. The maximum absolute atomic E-state index is 12.3. The Balaban J connectivity index is 2.13. The molecule has 0 unspecified atom stereocenters. The minimum atomic E-state index is -4.71. The van der Waals surface area contributed by atoms with Crippen molar-refractivity contribution in [1.82, 2.24) is 5.32 Å². The molecule has 0 saturated heterocycles. The molecular formula is C27H43INO4P-2. The van der Waals surface area contributed by atoms with Gasteiger partial charge in [0.25, 0.3) is 0 Å². The summed E-state index contributed by atoms with van der Waals surface area (Å²) in [5.74, 6) is -0.179. The monoisotopic (exact) mass is 603 g/mol. The van der Waals surface area contributed by atoms with Crippen molar-refractivity contribution in [3.8, 4) is 0 Å². The molecule has 0 fully saturated rings. The number of benzene rings is 1. The molecule has 0 aliphatic rings. The van der Waals surface area contributed by atoms with Gasteiger partial charge in [-0.25, -0.2) is 0 Å². The van der Waals surface area contributed by atoms with Crippen molar-refractivity contribution in [2.75, 3.05) is 6.16 Å². The Morgan fingerprint density at radius 2 is 1.44 bits per heavy atom. The first kappa shape index (κ1) is 31.3. The van der Waals surface area contributed by atoms with E-state index in [1.54, 1.807) is 0 Å². The first-order chi connectivity index (χ1) is 16.3. The fraction of sp³-hybridized carbons (Fsp3) is 0.667. The van der Waals surface area contributed by atoms with E-state index in [9.17, 15) is 19.1 Å². The lowest BCUT2D eigenvalue weighted by atomic mass is 10.1. The number of halogens is 1. The van der Waals surface area contributed by atoms with Gasteiger partial charge in [0.2, 0.25) is 5.91 Å². The maximum atomic E-state index is 12.3. The van der Waals surface area contributed by atoms with Gasteiger partial charge < -0.3 is 19.7 Å². The number of carbonyl (C=O) groups excluding carboxylic acids is 1. The summed E-state index contributed by atoms with van der Waals surface area (Å²) in [5, 5.41) is 2.76. The molecule has 34 heavy (non-hydrogen) atoms. The molecule has 0 saturated carbocycles. The Morgan fingerprint density at radius 1 is 0.912 bits per heavy atom. The van der Waals surface area contributed by atoms with Crippen LogP contribution in [0.1, 0.15) is 102 Å². The van der Waals surface area contributed by atoms with Crippen LogP contribution in [0.3, 0.4) is 0 Å². The van der Waals surface area contributed by atoms with Crippen molar-refractivity contribution >= 4 is 36.1 Å². The highest BCUT2D eigenvalue weighted by atomic mass is 127. The molecule has 0 spiro atoms. The van der Waals surface area contributed by atoms with Gasteiger partial charge in [-0.05, 0) is 85.0 Å². The highest BCUT2D eigenvalue weighted by Crippen LogP contribution is 2.25. The average Bonchev–Trinajstić information content (AvgIpc) is 2.77. The fourth-order valence-corrected chi connectivity index (χ4v) is 5.11. The average molecular weight is 604 g/mol. The number of nitrogens with one attached hydrogen (secondary N) is 1. The zero-order valence-corrected chi connectivity index (χ0v) is 23.9. The second kappa shape index (κ2) is 19.5. The van der Waals surface area contributed by atoms with E-state index in [0.717, 1.165) is 41.2 Å². The number of amides is 1. The minimum Gasteiger partial charge on any atom is -0.811 e. The summed E-state index contributed by atoms with van der Waals surface area (Å²) in [6.45, 7) is 2.25. The molecule has 0 aliphatic heterocycles. The summed E-state index contributed by atoms with van der Waals surface area (Å²) in [7, 11) is -4.71. The Kier molecular flexibility index (Phi) is 18.0. The largest absolute Gasteiger partial charge is 0.811 e. The molecule has 7 heteroatoms. The van der Waals surface area contributed by atoms with E-state index in [-0.39, 0.29) is 5.91 Å². The summed E-state index contributed by atoms with van der Waals surface area (Å²) in [6.07, 6.45) is 20.3. The van der Waals surface area contributed by atoms with Crippen LogP contribution >= 0.6 is 30.2 Å². The van der Waals surface area contributed by atoms with Crippen LogP contribution in [0.4, 0.5) is 0 Å². The Hall–Kier alpha value is -0.690. The standard InChI is InChI=1S/C27H45INO4P/c1-2-3-4-5-6-7-8-9-10-11-12-13-14-15-16-17-27(30)29-26(23-34(31,32)33)22-24-18-20-25(28)21-19-24/h9-10,18-21,26H,2-8,11-17,22-23H2,1H3,(H,29,30)(H2,31,32,33)/p-2/b10-9-/t26-/m1/s1. The summed E-state index contributed by atoms with van der Waals surface area (Å²) in [4.78, 5) is 34.9. The highest BCUT2D eigenvalue weighted by molar-refractivity contribution is 14.1.